The third-order valence-electron chi connectivity index (χ3n) is 2.88. The summed E-state index contributed by atoms with van der Waals surface area (Å²) in [6.45, 7) is 1.87. The summed E-state index contributed by atoms with van der Waals surface area (Å²) >= 11 is 0. The van der Waals surface area contributed by atoms with Crippen LogP contribution in [-0.2, 0) is 0 Å². The SMILES string of the molecule is Cc1cn(N=Cc2cccc(-c3ncccn3)c2)c(N)n1. The third-order valence-corrected chi connectivity index (χ3v) is 2.88. The van der Waals surface area contributed by atoms with E-state index in [0.717, 1.165) is 16.8 Å². The van der Waals surface area contributed by atoms with Gasteiger partial charge in [-0.1, -0.05) is 18.2 Å². The number of nitrogen functional groups attached to an aromatic ring is 1. The summed E-state index contributed by atoms with van der Waals surface area (Å²) in [4.78, 5) is 12.6. The van der Waals surface area contributed by atoms with E-state index >= 15 is 0 Å². The molecule has 2 heterocycles. The van der Waals surface area contributed by atoms with Crippen LogP contribution in [0.3, 0.4) is 0 Å². The van der Waals surface area contributed by atoms with Crippen molar-refractivity contribution in [3.8, 4) is 11.4 Å². The fraction of sp³-hybridized carbons (Fsp3) is 0.0667. The van der Waals surface area contributed by atoms with E-state index in [1.165, 1.54) is 0 Å². The predicted octanol–water partition coefficient (Wildman–Crippen LogP) is 2.11. The fourth-order valence-electron chi connectivity index (χ4n) is 1.93. The van der Waals surface area contributed by atoms with Crippen LogP contribution in [0.25, 0.3) is 11.4 Å². The first kappa shape index (κ1) is 13.0. The number of benzene rings is 1. The summed E-state index contributed by atoms with van der Waals surface area (Å²) in [5, 5.41) is 4.29. The highest BCUT2D eigenvalue weighted by Gasteiger charge is 2.01. The number of aromatic nitrogens is 4. The molecule has 0 radical (unpaired) electrons. The van der Waals surface area contributed by atoms with Crippen molar-refractivity contribution < 1.29 is 0 Å². The van der Waals surface area contributed by atoms with Crippen molar-refractivity contribution >= 4 is 12.2 Å². The Labute approximate surface area is 122 Å². The summed E-state index contributed by atoms with van der Waals surface area (Å²) in [5.41, 5.74) is 8.45. The Hall–Kier alpha value is -3.02. The van der Waals surface area contributed by atoms with Crippen LogP contribution in [0.5, 0.6) is 0 Å². The highest BCUT2D eigenvalue weighted by atomic mass is 15.4. The lowest BCUT2D eigenvalue weighted by Gasteiger charge is -2.00. The van der Waals surface area contributed by atoms with Crippen LogP contribution in [0.1, 0.15) is 11.3 Å². The van der Waals surface area contributed by atoms with E-state index in [0.29, 0.717) is 11.8 Å². The Balaban J connectivity index is 1.89. The molecular formula is C15H14N6. The highest BCUT2D eigenvalue weighted by molar-refractivity contribution is 5.81. The van der Waals surface area contributed by atoms with Crippen molar-refractivity contribution in [3.63, 3.8) is 0 Å². The summed E-state index contributed by atoms with van der Waals surface area (Å²) < 4.78 is 1.54. The van der Waals surface area contributed by atoms with Crippen molar-refractivity contribution in [1.82, 2.24) is 19.6 Å². The average molecular weight is 278 g/mol. The van der Waals surface area contributed by atoms with Crippen molar-refractivity contribution in [1.29, 1.82) is 0 Å². The van der Waals surface area contributed by atoms with Gasteiger partial charge in [0.05, 0.1) is 18.1 Å². The van der Waals surface area contributed by atoms with Gasteiger partial charge in [-0.15, -0.1) is 0 Å². The van der Waals surface area contributed by atoms with E-state index in [2.05, 4.69) is 20.1 Å². The molecule has 0 saturated heterocycles. The lowest BCUT2D eigenvalue weighted by Crippen LogP contribution is -1.97. The molecule has 0 aliphatic rings. The number of nitrogens with zero attached hydrogens (tertiary/aromatic N) is 5. The Morgan fingerprint density at radius 2 is 2.00 bits per heavy atom. The van der Waals surface area contributed by atoms with Crippen LogP contribution in [0.15, 0.2) is 54.0 Å². The molecule has 3 rings (SSSR count). The van der Waals surface area contributed by atoms with Gasteiger partial charge >= 0.3 is 0 Å². The first-order valence-corrected chi connectivity index (χ1v) is 6.45. The second-order valence-corrected chi connectivity index (χ2v) is 4.53. The summed E-state index contributed by atoms with van der Waals surface area (Å²) in [7, 11) is 0. The molecule has 0 aliphatic heterocycles. The summed E-state index contributed by atoms with van der Waals surface area (Å²) in [5.74, 6) is 1.05. The van der Waals surface area contributed by atoms with E-state index in [-0.39, 0.29) is 0 Å². The topological polar surface area (TPSA) is 82.0 Å². The largest absolute Gasteiger partial charge is 0.368 e. The number of aryl methyl sites for hydroxylation is 1. The minimum atomic E-state index is 0.367. The van der Waals surface area contributed by atoms with Gasteiger partial charge in [-0.3, -0.25) is 0 Å². The van der Waals surface area contributed by atoms with Gasteiger partial charge in [0.2, 0.25) is 5.95 Å². The quantitative estimate of drug-likeness (QED) is 0.744. The van der Waals surface area contributed by atoms with Crippen LogP contribution in [0.4, 0.5) is 5.95 Å². The van der Waals surface area contributed by atoms with Gasteiger partial charge in [-0.05, 0) is 24.6 Å². The van der Waals surface area contributed by atoms with E-state index in [9.17, 15) is 0 Å². The van der Waals surface area contributed by atoms with Crippen molar-refractivity contribution in [2.24, 2.45) is 5.10 Å². The molecule has 2 aromatic heterocycles. The van der Waals surface area contributed by atoms with Crippen LogP contribution >= 0.6 is 0 Å². The number of hydrogen-bond acceptors (Lipinski definition) is 5. The maximum atomic E-state index is 5.74. The number of imidazole rings is 1. The maximum absolute atomic E-state index is 5.74. The minimum Gasteiger partial charge on any atom is -0.368 e. The molecule has 0 amide bonds. The molecule has 3 aromatic rings. The minimum absolute atomic E-state index is 0.367. The maximum Gasteiger partial charge on any atom is 0.221 e. The first-order valence-electron chi connectivity index (χ1n) is 6.45. The predicted molar refractivity (Wildman–Crippen MR) is 81.8 cm³/mol. The van der Waals surface area contributed by atoms with Gasteiger partial charge in [0.1, 0.15) is 0 Å². The van der Waals surface area contributed by atoms with Gasteiger partial charge in [0, 0.05) is 18.0 Å². The standard InChI is InChI=1S/C15H14N6/c1-11-10-21(15(16)20-11)19-9-12-4-2-5-13(8-12)14-17-6-3-7-18-14/h2-10H,1H3,(H2,16,20). The smallest absolute Gasteiger partial charge is 0.221 e. The second kappa shape index (κ2) is 5.54. The van der Waals surface area contributed by atoms with Crippen LogP contribution in [0, 0.1) is 6.92 Å². The molecule has 0 aliphatic carbocycles. The van der Waals surface area contributed by atoms with Gasteiger partial charge in [-0.25, -0.2) is 19.6 Å². The Kier molecular flexibility index (Phi) is 3.42. The molecule has 2 N–H and O–H groups in total. The number of hydrogen-bond donors (Lipinski definition) is 1. The molecule has 0 unspecified atom stereocenters. The second-order valence-electron chi connectivity index (χ2n) is 4.53. The van der Waals surface area contributed by atoms with Crippen molar-refractivity contribution in [2.45, 2.75) is 6.92 Å². The molecule has 6 heteroatoms. The highest BCUT2D eigenvalue weighted by Crippen LogP contribution is 2.14. The Morgan fingerprint density at radius 3 is 2.71 bits per heavy atom. The molecule has 104 valence electrons. The van der Waals surface area contributed by atoms with Gasteiger partial charge in [-0.2, -0.15) is 5.10 Å². The summed E-state index contributed by atoms with van der Waals surface area (Å²) in [6, 6.07) is 9.62. The zero-order valence-electron chi connectivity index (χ0n) is 11.5. The lowest BCUT2D eigenvalue weighted by molar-refractivity contribution is 0.897. The molecule has 21 heavy (non-hydrogen) atoms. The Bertz CT molecular complexity index is 776. The molecular weight excluding hydrogens is 264 g/mol. The van der Waals surface area contributed by atoms with Gasteiger partial charge in [0.15, 0.2) is 5.82 Å². The monoisotopic (exact) mass is 278 g/mol. The van der Waals surface area contributed by atoms with Crippen LogP contribution < -0.4 is 5.73 Å². The molecule has 0 saturated carbocycles. The van der Waals surface area contributed by atoms with Crippen molar-refractivity contribution in [3.05, 3.63) is 60.2 Å². The van der Waals surface area contributed by atoms with E-state index in [1.54, 1.807) is 35.5 Å². The van der Waals surface area contributed by atoms with E-state index in [1.807, 2.05) is 31.2 Å². The van der Waals surface area contributed by atoms with Crippen LogP contribution in [0.2, 0.25) is 0 Å². The number of rotatable bonds is 3. The molecule has 0 spiro atoms. The molecule has 1 aromatic carbocycles. The molecule has 6 nitrogen and oxygen atoms in total. The fourth-order valence-corrected chi connectivity index (χ4v) is 1.93. The summed E-state index contributed by atoms with van der Waals surface area (Å²) in [6.07, 6.45) is 6.94. The van der Waals surface area contributed by atoms with Gasteiger partial charge in [0.25, 0.3) is 0 Å². The molecule has 0 bridgehead atoms. The molecule has 0 fully saturated rings. The van der Waals surface area contributed by atoms with Crippen LogP contribution in [-0.4, -0.2) is 25.8 Å². The van der Waals surface area contributed by atoms with E-state index < -0.39 is 0 Å². The number of nitrogens with two attached hydrogens (primary N) is 1. The zero-order chi connectivity index (χ0) is 14.7. The van der Waals surface area contributed by atoms with Crippen molar-refractivity contribution in [2.75, 3.05) is 5.73 Å². The molecule has 0 atom stereocenters. The van der Waals surface area contributed by atoms with Gasteiger partial charge < -0.3 is 5.73 Å². The Morgan fingerprint density at radius 1 is 1.19 bits per heavy atom. The number of anilines is 1. The zero-order valence-corrected chi connectivity index (χ0v) is 11.5. The normalized spacial score (nSPS) is 11.1. The lowest BCUT2D eigenvalue weighted by atomic mass is 10.1. The third kappa shape index (κ3) is 2.94. The first-order chi connectivity index (χ1) is 10.2. The van der Waals surface area contributed by atoms with E-state index in [4.69, 9.17) is 5.73 Å². The average Bonchev–Trinajstić information content (AvgIpc) is 2.84.